The maximum absolute atomic E-state index is 5.07. The number of imidazole rings is 1. The second kappa shape index (κ2) is 10.7. The molecule has 2 aromatic rings. The molecular weight excluding hydrogens is 316 g/mol. The molecule has 7 heteroatoms. The number of likely N-dealkylation sites (N-methyl/N-ethyl adjacent to an activating group) is 1. The molecule has 0 amide bonds. The van der Waals surface area contributed by atoms with Gasteiger partial charge in [0.25, 0.3) is 0 Å². The number of rotatable bonds is 10. The molecule has 1 heterocycles. The highest BCUT2D eigenvalue weighted by molar-refractivity contribution is 5.79. The average Bonchev–Trinajstić information content (AvgIpc) is 3.03. The maximum Gasteiger partial charge on any atom is 0.191 e. The largest absolute Gasteiger partial charge is 0.385 e. The first-order valence-corrected chi connectivity index (χ1v) is 8.78. The molecule has 0 saturated heterocycles. The van der Waals surface area contributed by atoms with Crippen molar-refractivity contribution in [2.24, 2.45) is 4.99 Å². The first kappa shape index (κ1) is 19.2. The molecule has 0 bridgehead atoms. The van der Waals surface area contributed by atoms with Crippen molar-refractivity contribution >= 4 is 17.0 Å². The van der Waals surface area contributed by atoms with Crippen LogP contribution in [0.15, 0.2) is 29.3 Å². The summed E-state index contributed by atoms with van der Waals surface area (Å²) < 4.78 is 5.07. The minimum Gasteiger partial charge on any atom is -0.385 e. The molecule has 7 nitrogen and oxygen atoms in total. The zero-order chi connectivity index (χ0) is 17.9. The number of methoxy groups -OCH3 is 1. The Balaban J connectivity index is 1.64. The Hall–Kier alpha value is -2.12. The Morgan fingerprint density at radius 2 is 2.04 bits per heavy atom. The van der Waals surface area contributed by atoms with Crippen molar-refractivity contribution in [2.75, 3.05) is 54.0 Å². The van der Waals surface area contributed by atoms with Crippen molar-refractivity contribution in [1.82, 2.24) is 25.5 Å². The molecule has 0 saturated carbocycles. The van der Waals surface area contributed by atoms with Crippen molar-refractivity contribution < 1.29 is 4.74 Å². The van der Waals surface area contributed by atoms with Crippen LogP contribution in [0.5, 0.6) is 0 Å². The van der Waals surface area contributed by atoms with Crippen LogP contribution in [0.3, 0.4) is 0 Å². The number of H-pyrrole nitrogens is 1. The highest BCUT2D eigenvalue weighted by Crippen LogP contribution is 2.10. The number of ether oxygens (including phenoxy) is 1. The molecular formula is C18H30N6O. The van der Waals surface area contributed by atoms with Crippen LogP contribution in [0.4, 0.5) is 0 Å². The van der Waals surface area contributed by atoms with Crippen LogP contribution < -0.4 is 10.6 Å². The summed E-state index contributed by atoms with van der Waals surface area (Å²) in [5.41, 5.74) is 2.09. The van der Waals surface area contributed by atoms with Crippen molar-refractivity contribution in [3.05, 3.63) is 30.1 Å². The summed E-state index contributed by atoms with van der Waals surface area (Å²) >= 11 is 0. The Labute approximate surface area is 149 Å². The summed E-state index contributed by atoms with van der Waals surface area (Å²) in [6.45, 7) is 4.45. The zero-order valence-electron chi connectivity index (χ0n) is 15.5. The number of hydrogen-bond donors (Lipinski definition) is 3. The number of nitrogens with zero attached hydrogens (tertiary/aromatic N) is 3. The first-order valence-electron chi connectivity index (χ1n) is 8.78. The van der Waals surface area contributed by atoms with Gasteiger partial charge in [-0.2, -0.15) is 0 Å². The van der Waals surface area contributed by atoms with E-state index in [0.717, 1.165) is 68.4 Å². The fourth-order valence-electron chi connectivity index (χ4n) is 2.60. The number of aromatic nitrogens is 2. The van der Waals surface area contributed by atoms with E-state index in [4.69, 9.17) is 4.74 Å². The van der Waals surface area contributed by atoms with Crippen LogP contribution in [-0.2, 0) is 11.2 Å². The van der Waals surface area contributed by atoms with Crippen LogP contribution in [0.25, 0.3) is 11.0 Å². The van der Waals surface area contributed by atoms with Crippen LogP contribution >= 0.6 is 0 Å². The van der Waals surface area contributed by atoms with Gasteiger partial charge >= 0.3 is 0 Å². The second-order valence-corrected chi connectivity index (χ2v) is 6.03. The van der Waals surface area contributed by atoms with Crippen molar-refractivity contribution in [1.29, 1.82) is 0 Å². The molecule has 0 aliphatic carbocycles. The molecule has 138 valence electrons. The molecule has 2 rings (SSSR count). The Kier molecular flexibility index (Phi) is 8.21. The summed E-state index contributed by atoms with van der Waals surface area (Å²) in [5, 5.41) is 6.67. The van der Waals surface area contributed by atoms with Gasteiger partial charge in [0.15, 0.2) is 5.96 Å². The van der Waals surface area contributed by atoms with Crippen LogP contribution in [0, 0.1) is 0 Å². The van der Waals surface area contributed by atoms with Gasteiger partial charge in [0.1, 0.15) is 5.82 Å². The predicted octanol–water partition coefficient (Wildman–Crippen LogP) is 1.24. The van der Waals surface area contributed by atoms with E-state index in [1.54, 1.807) is 14.2 Å². The van der Waals surface area contributed by atoms with E-state index >= 15 is 0 Å². The summed E-state index contributed by atoms with van der Waals surface area (Å²) in [6, 6.07) is 8.08. The molecule has 0 atom stereocenters. The van der Waals surface area contributed by atoms with Gasteiger partial charge in [0.05, 0.1) is 11.0 Å². The van der Waals surface area contributed by atoms with E-state index in [1.807, 2.05) is 24.3 Å². The molecule has 25 heavy (non-hydrogen) atoms. The van der Waals surface area contributed by atoms with Crippen LogP contribution in [0.1, 0.15) is 12.2 Å². The number of nitrogens with one attached hydrogen (secondary N) is 3. The molecule has 0 aliphatic heterocycles. The van der Waals surface area contributed by atoms with Gasteiger partial charge in [-0.25, -0.2) is 4.98 Å². The highest BCUT2D eigenvalue weighted by atomic mass is 16.5. The lowest BCUT2D eigenvalue weighted by atomic mass is 10.3. The van der Waals surface area contributed by atoms with Gasteiger partial charge in [-0.05, 0) is 25.6 Å². The van der Waals surface area contributed by atoms with Crippen molar-refractivity contribution in [2.45, 2.75) is 12.8 Å². The minimum atomic E-state index is 0.781. The molecule has 0 aliphatic rings. The number of aliphatic imine (C=N–C) groups is 1. The number of benzene rings is 1. The fourth-order valence-corrected chi connectivity index (χ4v) is 2.60. The van der Waals surface area contributed by atoms with E-state index in [-0.39, 0.29) is 0 Å². The van der Waals surface area contributed by atoms with Crippen molar-refractivity contribution in [3.63, 3.8) is 0 Å². The van der Waals surface area contributed by atoms with E-state index in [0.29, 0.717) is 0 Å². The summed E-state index contributed by atoms with van der Waals surface area (Å²) in [5.74, 6) is 1.81. The normalized spacial score (nSPS) is 12.1. The van der Waals surface area contributed by atoms with Gasteiger partial charge in [-0.3, -0.25) is 4.99 Å². The molecule has 1 aromatic heterocycles. The number of guanidine groups is 1. The molecule has 0 unspecified atom stereocenters. The van der Waals surface area contributed by atoms with Gasteiger partial charge in [0, 0.05) is 53.4 Å². The fraction of sp³-hybridized carbons (Fsp3) is 0.556. The SMILES string of the molecule is CN=C(NCCc1nc2ccccc2[nH]1)NCCN(C)CCCOC. The smallest absolute Gasteiger partial charge is 0.191 e. The predicted molar refractivity (Wildman–Crippen MR) is 103 cm³/mol. The zero-order valence-corrected chi connectivity index (χ0v) is 15.5. The van der Waals surface area contributed by atoms with Crippen LogP contribution in [-0.4, -0.2) is 74.8 Å². The van der Waals surface area contributed by atoms with Gasteiger partial charge in [-0.1, -0.05) is 12.1 Å². The maximum atomic E-state index is 5.07. The summed E-state index contributed by atoms with van der Waals surface area (Å²) in [7, 11) is 5.65. The average molecular weight is 346 g/mol. The third-order valence-electron chi connectivity index (χ3n) is 3.99. The summed E-state index contributed by atoms with van der Waals surface area (Å²) in [6.07, 6.45) is 1.88. The second-order valence-electron chi connectivity index (χ2n) is 6.03. The first-order chi connectivity index (χ1) is 12.2. The number of aromatic amines is 1. The molecule has 0 fully saturated rings. The molecule has 1 aromatic carbocycles. The van der Waals surface area contributed by atoms with Crippen LogP contribution in [0.2, 0.25) is 0 Å². The standard InChI is InChI=1S/C18H30N6O/c1-19-18(21-11-13-24(2)12-6-14-25-3)20-10-9-17-22-15-7-4-5-8-16(15)23-17/h4-5,7-8H,6,9-14H2,1-3H3,(H,22,23)(H2,19,20,21). The highest BCUT2D eigenvalue weighted by Gasteiger charge is 2.03. The van der Waals surface area contributed by atoms with E-state index in [9.17, 15) is 0 Å². The number of fused-ring (bicyclic) bond motifs is 1. The van der Waals surface area contributed by atoms with E-state index in [1.165, 1.54) is 0 Å². The molecule has 0 radical (unpaired) electrons. The number of hydrogen-bond acceptors (Lipinski definition) is 4. The molecule has 3 N–H and O–H groups in total. The number of para-hydroxylation sites is 2. The van der Waals surface area contributed by atoms with Gasteiger partial charge < -0.3 is 25.3 Å². The van der Waals surface area contributed by atoms with Gasteiger partial charge in [-0.15, -0.1) is 0 Å². The Morgan fingerprint density at radius 3 is 2.80 bits per heavy atom. The lowest BCUT2D eigenvalue weighted by molar-refractivity contribution is 0.180. The topological polar surface area (TPSA) is 77.6 Å². The minimum absolute atomic E-state index is 0.781. The lowest BCUT2D eigenvalue weighted by Crippen LogP contribution is -2.41. The third-order valence-corrected chi connectivity index (χ3v) is 3.99. The Bertz CT molecular complexity index is 621. The summed E-state index contributed by atoms with van der Waals surface area (Å²) in [4.78, 5) is 14.5. The monoisotopic (exact) mass is 346 g/mol. The van der Waals surface area contributed by atoms with E-state index < -0.39 is 0 Å². The van der Waals surface area contributed by atoms with Gasteiger partial charge in [0.2, 0.25) is 0 Å². The lowest BCUT2D eigenvalue weighted by Gasteiger charge is -2.18. The quantitative estimate of drug-likeness (QED) is 0.343. The van der Waals surface area contributed by atoms with Crippen molar-refractivity contribution in [3.8, 4) is 0 Å². The Morgan fingerprint density at radius 1 is 1.24 bits per heavy atom. The molecule has 0 spiro atoms. The third kappa shape index (κ3) is 6.72. The van der Waals surface area contributed by atoms with E-state index in [2.05, 4.69) is 37.5 Å².